The first-order chi connectivity index (χ1) is 13.4. The van der Waals surface area contributed by atoms with Gasteiger partial charge in [0.05, 0.1) is 11.0 Å². The number of hydrogen-bond donors (Lipinski definition) is 1. The number of nitrogens with zero attached hydrogens (tertiary/aromatic N) is 3. The minimum Gasteiger partial charge on any atom is -0.354 e. The van der Waals surface area contributed by atoms with Gasteiger partial charge in [0.15, 0.2) is 0 Å². The van der Waals surface area contributed by atoms with E-state index in [-0.39, 0.29) is 24.7 Å². The molecule has 146 valence electrons. The van der Waals surface area contributed by atoms with E-state index >= 15 is 0 Å². The molecule has 0 unspecified atom stereocenters. The second-order valence-electron chi connectivity index (χ2n) is 7.41. The first kappa shape index (κ1) is 18.5. The molecular formula is C21H22F2N4O. The predicted molar refractivity (Wildman–Crippen MR) is 103 cm³/mol. The first-order valence-corrected chi connectivity index (χ1v) is 9.46. The highest BCUT2D eigenvalue weighted by atomic mass is 19.3. The van der Waals surface area contributed by atoms with Crippen LogP contribution in [0.25, 0.3) is 22.2 Å². The molecule has 0 aliphatic heterocycles. The van der Waals surface area contributed by atoms with Crippen molar-refractivity contribution in [3.63, 3.8) is 0 Å². The van der Waals surface area contributed by atoms with Crippen molar-refractivity contribution in [3.8, 4) is 11.1 Å². The standard InChI is InChI=1S/C21H22F2N4O/c1-24-20(28)18-3-2-15(11-26-18)16-10-19-17(25-12-16)6-9-27(19)13-14-4-7-21(22,23)8-5-14/h2-3,6,9-12,14H,4-5,7-8,13H2,1H3,(H,24,28). The monoisotopic (exact) mass is 384 g/mol. The zero-order valence-electron chi connectivity index (χ0n) is 15.7. The van der Waals surface area contributed by atoms with Crippen molar-refractivity contribution < 1.29 is 13.6 Å². The van der Waals surface area contributed by atoms with E-state index in [2.05, 4.69) is 19.9 Å². The van der Waals surface area contributed by atoms with Gasteiger partial charge in [0, 0.05) is 56.2 Å². The van der Waals surface area contributed by atoms with Crippen LogP contribution in [0.15, 0.2) is 42.9 Å². The van der Waals surface area contributed by atoms with Crippen LogP contribution in [0.3, 0.4) is 0 Å². The van der Waals surface area contributed by atoms with Crippen molar-refractivity contribution in [1.82, 2.24) is 19.9 Å². The maximum absolute atomic E-state index is 13.4. The molecule has 1 N–H and O–H groups in total. The second kappa shape index (κ2) is 7.30. The zero-order valence-corrected chi connectivity index (χ0v) is 15.7. The molecular weight excluding hydrogens is 362 g/mol. The van der Waals surface area contributed by atoms with Crippen LogP contribution in [0, 0.1) is 5.92 Å². The number of rotatable bonds is 4. The highest BCUT2D eigenvalue weighted by Crippen LogP contribution is 2.37. The lowest BCUT2D eigenvalue weighted by atomic mass is 9.87. The third kappa shape index (κ3) is 3.74. The lowest BCUT2D eigenvalue weighted by Crippen LogP contribution is -2.26. The molecule has 0 aromatic carbocycles. The Morgan fingerprint density at radius 1 is 1.18 bits per heavy atom. The van der Waals surface area contributed by atoms with Gasteiger partial charge in [-0.25, -0.2) is 8.78 Å². The summed E-state index contributed by atoms with van der Waals surface area (Å²) >= 11 is 0. The number of hydrogen-bond acceptors (Lipinski definition) is 3. The Hall–Kier alpha value is -2.83. The number of carbonyl (C=O) groups is 1. The van der Waals surface area contributed by atoms with Gasteiger partial charge in [-0.15, -0.1) is 0 Å². The average Bonchev–Trinajstić information content (AvgIpc) is 3.11. The topological polar surface area (TPSA) is 59.8 Å². The van der Waals surface area contributed by atoms with E-state index in [0.717, 1.165) is 28.7 Å². The van der Waals surface area contributed by atoms with Crippen molar-refractivity contribution in [1.29, 1.82) is 0 Å². The van der Waals surface area contributed by atoms with E-state index in [9.17, 15) is 13.6 Å². The third-order valence-electron chi connectivity index (χ3n) is 5.47. The summed E-state index contributed by atoms with van der Waals surface area (Å²) in [5.41, 5.74) is 3.98. The van der Waals surface area contributed by atoms with Crippen molar-refractivity contribution in [2.24, 2.45) is 5.92 Å². The molecule has 0 spiro atoms. The Labute approximate surface area is 161 Å². The molecule has 0 saturated heterocycles. The molecule has 3 aromatic heterocycles. The molecule has 1 saturated carbocycles. The molecule has 7 heteroatoms. The van der Waals surface area contributed by atoms with Gasteiger partial charge in [0.2, 0.25) is 5.92 Å². The summed E-state index contributed by atoms with van der Waals surface area (Å²) in [4.78, 5) is 20.4. The minimum absolute atomic E-state index is 0.0241. The summed E-state index contributed by atoms with van der Waals surface area (Å²) in [6.45, 7) is 0.721. The summed E-state index contributed by atoms with van der Waals surface area (Å²) < 4.78 is 28.9. The van der Waals surface area contributed by atoms with Gasteiger partial charge in [-0.2, -0.15) is 0 Å². The number of halogens is 2. The molecule has 1 amide bonds. The van der Waals surface area contributed by atoms with E-state index in [4.69, 9.17) is 0 Å². The van der Waals surface area contributed by atoms with E-state index in [0.29, 0.717) is 18.5 Å². The number of pyridine rings is 2. The van der Waals surface area contributed by atoms with Gasteiger partial charge in [-0.1, -0.05) is 6.07 Å². The summed E-state index contributed by atoms with van der Waals surface area (Å²) in [6.07, 6.45) is 6.46. The molecule has 28 heavy (non-hydrogen) atoms. The van der Waals surface area contributed by atoms with Crippen molar-refractivity contribution in [2.75, 3.05) is 7.05 Å². The Kier molecular flexibility index (Phi) is 4.83. The highest BCUT2D eigenvalue weighted by Gasteiger charge is 2.34. The van der Waals surface area contributed by atoms with Gasteiger partial charge in [-0.3, -0.25) is 14.8 Å². The first-order valence-electron chi connectivity index (χ1n) is 9.46. The number of amides is 1. The molecule has 1 aliphatic rings. The molecule has 3 aromatic rings. The van der Waals surface area contributed by atoms with Gasteiger partial charge >= 0.3 is 0 Å². The number of nitrogens with one attached hydrogen (secondary N) is 1. The molecule has 0 atom stereocenters. The third-order valence-corrected chi connectivity index (χ3v) is 5.47. The maximum atomic E-state index is 13.4. The lowest BCUT2D eigenvalue weighted by Gasteiger charge is -2.28. The Morgan fingerprint density at radius 3 is 2.61 bits per heavy atom. The molecule has 3 heterocycles. The van der Waals surface area contributed by atoms with Crippen LogP contribution in [-0.4, -0.2) is 33.4 Å². The SMILES string of the molecule is CNC(=O)c1ccc(-c2cnc3ccn(CC4CCC(F)(F)CC4)c3c2)cn1. The maximum Gasteiger partial charge on any atom is 0.269 e. The molecule has 0 bridgehead atoms. The largest absolute Gasteiger partial charge is 0.354 e. The highest BCUT2D eigenvalue weighted by molar-refractivity contribution is 5.92. The smallest absolute Gasteiger partial charge is 0.269 e. The summed E-state index contributed by atoms with van der Waals surface area (Å²) in [5, 5.41) is 2.55. The van der Waals surface area contributed by atoms with Gasteiger partial charge in [0.25, 0.3) is 5.91 Å². The normalized spacial score (nSPS) is 17.0. The van der Waals surface area contributed by atoms with Crippen LogP contribution < -0.4 is 5.32 Å². The van der Waals surface area contributed by atoms with Crippen molar-refractivity contribution in [3.05, 3.63) is 48.5 Å². The molecule has 1 fully saturated rings. The molecule has 5 nitrogen and oxygen atoms in total. The molecule has 0 radical (unpaired) electrons. The summed E-state index contributed by atoms with van der Waals surface area (Å²) in [5.74, 6) is -2.47. The van der Waals surface area contributed by atoms with Gasteiger partial charge in [0.1, 0.15) is 5.69 Å². The Morgan fingerprint density at radius 2 is 1.93 bits per heavy atom. The van der Waals surface area contributed by atoms with Crippen LogP contribution >= 0.6 is 0 Å². The number of carbonyl (C=O) groups excluding carboxylic acids is 1. The second-order valence-corrected chi connectivity index (χ2v) is 7.41. The zero-order chi connectivity index (χ0) is 19.7. The fourth-order valence-electron chi connectivity index (χ4n) is 3.77. The minimum atomic E-state index is -2.50. The Bertz CT molecular complexity index is 987. The van der Waals surface area contributed by atoms with Crippen LogP contribution in [0.2, 0.25) is 0 Å². The number of aromatic nitrogens is 3. The van der Waals surface area contributed by atoms with Crippen LogP contribution in [0.4, 0.5) is 8.78 Å². The number of alkyl halides is 2. The summed E-state index contributed by atoms with van der Waals surface area (Å²) in [6, 6.07) is 7.51. The Balaban J connectivity index is 1.57. The van der Waals surface area contributed by atoms with Gasteiger partial charge < -0.3 is 9.88 Å². The molecule has 4 rings (SSSR count). The fraction of sp³-hybridized carbons (Fsp3) is 0.381. The van der Waals surface area contributed by atoms with E-state index in [1.165, 1.54) is 0 Å². The fourth-order valence-corrected chi connectivity index (χ4v) is 3.77. The van der Waals surface area contributed by atoms with Gasteiger partial charge in [-0.05, 0) is 37.0 Å². The van der Waals surface area contributed by atoms with Crippen LogP contribution in [-0.2, 0) is 6.54 Å². The van der Waals surface area contributed by atoms with E-state index in [1.54, 1.807) is 25.5 Å². The summed E-state index contributed by atoms with van der Waals surface area (Å²) in [7, 11) is 1.57. The average molecular weight is 384 g/mol. The van der Waals surface area contributed by atoms with E-state index < -0.39 is 5.92 Å². The lowest BCUT2D eigenvalue weighted by molar-refractivity contribution is -0.0472. The van der Waals surface area contributed by atoms with Crippen molar-refractivity contribution in [2.45, 2.75) is 38.2 Å². The molecule has 1 aliphatic carbocycles. The predicted octanol–water partition coefficient (Wildman–Crippen LogP) is 4.28. The van der Waals surface area contributed by atoms with E-state index in [1.807, 2.05) is 24.4 Å². The van der Waals surface area contributed by atoms with Crippen LogP contribution in [0.5, 0.6) is 0 Å². The number of fused-ring (bicyclic) bond motifs is 1. The quantitative estimate of drug-likeness (QED) is 0.730. The van der Waals surface area contributed by atoms with Crippen molar-refractivity contribution >= 4 is 16.9 Å². The van der Waals surface area contributed by atoms with Crippen LogP contribution in [0.1, 0.15) is 36.2 Å².